The second-order valence-corrected chi connectivity index (χ2v) is 8.74. The number of aromatic amines is 1. The summed E-state index contributed by atoms with van der Waals surface area (Å²) in [5.41, 5.74) is 4.34. The Kier molecular flexibility index (Phi) is 4.82. The molecule has 3 aliphatic rings. The van der Waals surface area contributed by atoms with E-state index in [1.165, 1.54) is 16.5 Å². The van der Waals surface area contributed by atoms with Crippen LogP contribution in [0.3, 0.4) is 0 Å². The van der Waals surface area contributed by atoms with Crippen LogP contribution in [0.2, 0.25) is 0 Å². The average molecular weight is 444 g/mol. The van der Waals surface area contributed by atoms with Gasteiger partial charge in [0.1, 0.15) is 13.2 Å². The van der Waals surface area contributed by atoms with Crippen LogP contribution >= 0.6 is 0 Å². The van der Waals surface area contributed by atoms with Crippen LogP contribution in [-0.4, -0.2) is 54.5 Å². The second kappa shape index (κ2) is 7.99. The van der Waals surface area contributed by atoms with Crippen molar-refractivity contribution in [2.45, 2.75) is 12.8 Å². The number of nitrogens with one attached hydrogen (secondary N) is 1. The predicted molar refractivity (Wildman–Crippen MR) is 125 cm³/mol. The molecule has 3 aliphatic heterocycles. The molecule has 0 radical (unpaired) electrons. The van der Waals surface area contributed by atoms with Crippen LogP contribution in [0.1, 0.15) is 18.4 Å². The molecule has 0 aliphatic carbocycles. The molecule has 2 aromatic carbocycles. The number of H-pyrrole nitrogens is 1. The summed E-state index contributed by atoms with van der Waals surface area (Å²) in [6, 6.07) is 13.8. The summed E-state index contributed by atoms with van der Waals surface area (Å²) >= 11 is 0. The molecule has 1 saturated heterocycles. The first kappa shape index (κ1) is 19.9. The van der Waals surface area contributed by atoms with E-state index in [-0.39, 0.29) is 24.2 Å². The number of para-hydroxylation sites is 1. The minimum Gasteiger partial charge on any atom is -0.486 e. The van der Waals surface area contributed by atoms with Gasteiger partial charge in [0.2, 0.25) is 11.8 Å². The zero-order valence-electron chi connectivity index (χ0n) is 18.3. The van der Waals surface area contributed by atoms with Crippen LogP contribution in [0, 0.1) is 5.92 Å². The van der Waals surface area contributed by atoms with Crippen molar-refractivity contribution in [3.63, 3.8) is 0 Å². The van der Waals surface area contributed by atoms with Crippen molar-refractivity contribution < 1.29 is 19.1 Å². The van der Waals surface area contributed by atoms with Crippen LogP contribution < -0.4 is 14.4 Å². The summed E-state index contributed by atoms with van der Waals surface area (Å²) in [5.74, 6) is 1.03. The fourth-order valence-electron chi connectivity index (χ4n) is 5.03. The second-order valence-electron chi connectivity index (χ2n) is 8.74. The number of amides is 2. The zero-order chi connectivity index (χ0) is 22.4. The standard InChI is InChI=1S/C26H25N3O4/c30-25-13-18(16-29(25)19-5-6-23-24(14-19)33-12-11-32-23)26(31)28-9-7-17(8-10-28)21-15-27-22-4-2-1-3-20(21)22/h1-7,14-15,18,27H,8-13,16H2/t18-/m0/s1. The molecule has 1 N–H and O–H groups in total. The Balaban J connectivity index is 1.15. The van der Waals surface area contributed by atoms with Crippen molar-refractivity contribution in [2.75, 3.05) is 37.7 Å². The number of aromatic nitrogens is 1. The molecule has 4 heterocycles. The molecule has 1 fully saturated rings. The number of anilines is 1. The van der Waals surface area contributed by atoms with Crippen molar-refractivity contribution in [3.8, 4) is 11.5 Å². The Labute approximate surface area is 191 Å². The van der Waals surface area contributed by atoms with E-state index in [2.05, 4.69) is 29.4 Å². The summed E-state index contributed by atoms with van der Waals surface area (Å²) in [6.45, 7) is 2.65. The van der Waals surface area contributed by atoms with Gasteiger partial charge in [0.05, 0.1) is 5.92 Å². The number of hydrogen-bond acceptors (Lipinski definition) is 4. The van der Waals surface area contributed by atoms with E-state index in [9.17, 15) is 9.59 Å². The fourth-order valence-corrected chi connectivity index (χ4v) is 5.03. The minimum atomic E-state index is -0.325. The molecule has 7 heteroatoms. The van der Waals surface area contributed by atoms with E-state index < -0.39 is 0 Å². The highest BCUT2D eigenvalue weighted by Crippen LogP contribution is 2.36. The Morgan fingerprint density at radius 2 is 1.91 bits per heavy atom. The number of benzene rings is 2. The van der Waals surface area contributed by atoms with Crippen LogP contribution in [-0.2, 0) is 9.59 Å². The Hall–Kier alpha value is -3.74. The number of fused-ring (bicyclic) bond motifs is 2. The molecular formula is C26H25N3O4. The van der Waals surface area contributed by atoms with E-state index in [1.807, 2.05) is 35.2 Å². The maximum atomic E-state index is 13.2. The number of carbonyl (C=O) groups excluding carboxylic acids is 2. The van der Waals surface area contributed by atoms with Crippen molar-refractivity contribution in [3.05, 3.63) is 60.3 Å². The van der Waals surface area contributed by atoms with Crippen molar-refractivity contribution in [1.82, 2.24) is 9.88 Å². The normalized spacial score (nSPS) is 20.3. The first-order valence-electron chi connectivity index (χ1n) is 11.4. The summed E-state index contributed by atoms with van der Waals surface area (Å²) < 4.78 is 11.2. The van der Waals surface area contributed by atoms with Gasteiger partial charge in [-0.2, -0.15) is 0 Å². The lowest BCUT2D eigenvalue weighted by Gasteiger charge is -2.29. The molecule has 33 heavy (non-hydrogen) atoms. The molecule has 1 aromatic heterocycles. The first-order chi connectivity index (χ1) is 16.2. The molecule has 168 valence electrons. The van der Waals surface area contributed by atoms with Gasteiger partial charge in [-0.25, -0.2) is 0 Å². The lowest BCUT2D eigenvalue weighted by atomic mass is 9.98. The van der Waals surface area contributed by atoms with Crippen molar-refractivity contribution in [2.24, 2.45) is 5.92 Å². The smallest absolute Gasteiger partial charge is 0.228 e. The SMILES string of the molecule is O=C([C@H]1CC(=O)N(c2ccc3c(c2)OCCO3)C1)N1CC=C(c2c[nH]c3ccccc23)CC1. The topological polar surface area (TPSA) is 74.9 Å². The third-order valence-electron chi connectivity index (χ3n) is 6.77. The van der Waals surface area contributed by atoms with Crippen molar-refractivity contribution in [1.29, 1.82) is 0 Å². The summed E-state index contributed by atoms with van der Waals surface area (Å²) in [6.07, 6.45) is 5.24. The minimum absolute atomic E-state index is 0.0305. The monoisotopic (exact) mass is 443 g/mol. The van der Waals surface area contributed by atoms with E-state index in [0.717, 1.165) is 17.6 Å². The largest absolute Gasteiger partial charge is 0.486 e. The maximum absolute atomic E-state index is 13.2. The van der Waals surface area contributed by atoms with Crippen LogP contribution in [0.4, 0.5) is 5.69 Å². The Morgan fingerprint density at radius 1 is 1.06 bits per heavy atom. The lowest BCUT2D eigenvalue weighted by Crippen LogP contribution is -2.39. The highest BCUT2D eigenvalue weighted by molar-refractivity contribution is 6.01. The number of ether oxygens (including phenoxy) is 2. The number of hydrogen-bond donors (Lipinski definition) is 1. The van der Waals surface area contributed by atoms with Gasteiger partial charge in [0, 0.05) is 60.5 Å². The van der Waals surface area contributed by atoms with Gasteiger partial charge in [0.25, 0.3) is 0 Å². The molecule has 0 unspecified atom stereocenters. The van der Waals surface area contributed by atoms with Gasteiger partial charge in [-0.05, 0) is 30.2 Å². The van der Waals surface area contributed by atoms with E-state index >= 15 is 0 Å². The highest BCUT2D eigenvalue weighted by Gasteiger charge is 2.38. The third kappa shape index (κ3) is 3.53. The quantitative estimate of drug-likeness (QED) is 0.671. The lowest BCUT2D eigenvalue weighted by molar-refractivity contribution is -0.135. The molecule has 0 bridgehead atoms. The van der Waals surface area contributed by atoms with Crippen LogP contribution in [0.5, 0.6) is 11.5 Å². The molecule has 0 saturated carbocycles. The molecule has 3 aromatic rings. The summed E-state index contributed by atoms with van der Waals surface area (Å²) in [7, 11) is 0. The Morgan fingerprint density at radius 3 is 2.76 bits per heavy atom. The van der Waals surface area contributed by atoms with Gasteiger partial charge in [-0.1, -0.05) is 24.3 Å². The molecule has 6 rings (SSSR count). The van der Waals surface area contributed by atoms with Crippen LogP contribution in [0.15, 0.2) is 54.7 Å². The number of rotatable bonds is 3. The van der Waals surface area contributed by atoms with Crippen LogP contribution in [0.25, 0.3) is 16.5 Å². The Bertz CT molecular complexity index is 1280. The predicted octanol–water partition coefficient (Wildman–Crippen LogP) is 3.61. The highest BCUT2D eigenvalue weighted by atomic mass is 16.6. The van der Waals surface area contributed by atoms with Gasteiger partial charge in [-0.3, -0.25) is 9.59 Å². The first-order valence-corrected chi connectivity index (χ1v) is 11.4. The van der Waals surface area contributed by atoms with Gasteiger partial charge in [0.15, 0.2) is 11.5 Å². The van der Waals surface area contributed by atoms with Gasteiger partial charge in [-0.15, -0.1) is 0 Å². The molecule has 1 atom stereocenters. The van der Waals surface area contributed by atoms with E-state index in [0.29, 0.717) is 44.3 Å². The summed E-state index contributed by atoms with van der Waals surface area (Å²) in [4.78, 5) is 32.9. The maximum Gasteiger partial charge on any atom is 0.228 e. The molecule has 0 spiro atoms. The fraction of sp³-hybridized carbons (Fsp3) is 0.308. The number of nitrogens with zero attached hydrogens (tertiary/aromatic N) is 2. The average Bonchev–Trinajstić information content (AvgIpc) is 3.47. The zero-order valence-corrected chi connectivity index (χ0v) is 18.3. The van der Waals surface area contributed by atoms with Gasteiger partial charge < -0.3 is 24.3 Å². The molecule has 2 amide bonds. The van der Waals surface area contributed by atoms with Crippen molar-refractivity contribution >= 4 is 34.0 Å². The van der Waals surface area contributed by atoms with Gasteiger partial charge >= 0.3 is 0 Å². The van der Waals surface area contributed by atoms with E-state index in [1.54, 1.807) is 4.90 Å². The summed E-state index contributed by atoms with van der Waals surface area (Å²) in [5, 5.41) is 1.21. The van der Waals surface area contributed by atoms with E-state index in [4.69, 9.17) is 9.47 Å². The third-order valence-corrected chi connectivity index (χ3v) is 6.77. The molecule has 7 nitrogen and oxygen atoms in total. The molecular weight excluding hydrogens is 418 g/mol. The number of carbonyl (C=O) groups is 2.